The summed E-state index contributed by atoms with van der Waals surface area (Å²) in [5.41, 5.74) is 8.24. The van der Waals surface area contributed by atoms with E-state index in [1.54, 1.807) is 11.3 Å². The Balaban J connectivity index is 2.02. The third kappa shape index (κ3) is 6.09. The lowest BCUT2D eigenvalue weighted by Crippen LogP contribution is -2.33. The minimum absolute atomic E-state index is 0.357. The molecule has 17 heavy (non-hydrogen) atoms. The van der Waals surface area contributed by atoms with Crippen LogP contribution in [0.5, 0.6) is 0 Å². The fourth-order valence-electron chi connectivity index (χ4n) is 1.38. The van der Waals surface area contributed by atoms with Gasteiger partial charge in [-0.05, 0) is 6.92 Å². The Bertz CT molecular complexity index is 307. The third-order valence-corrected chi connectivity index (χ3v) is 3.32. The Morgan fingerprint density at radius 1 is 1.65 bits per heavy atom. The minimum Gasteiger partial charge on any atom is -0.389 e. The second kappa shape index (κ2) is 8.54. The number of hydrogen-bond acceptors (Lipinski definition) is 6. The van der Waals surface area contributed by atoms with Crippen molar-refractivity contribution in [3.05, 3.63) is 16.1 Å². The van der Waals surface area contributed by atoms with Crippen LogP contribution >= 0.6 is 11.3 Å². The Morgan fingerprint density at radius 3 is 3.12 bits per heavy atom. The molecule has 1 aromatic rings. The second-order valence-corrected chi connectivity index (χ2v) is 4.77. The van der Waals surface area contributed by atoms with E-state index in [1.807, 2.05) is 12.4 Å². The fourth-order valence-corrected chi connectivity index (χ4v) is 2.14. The van der Waals surface area contributed by atoms with Crippen LogP contribution in [0.4, 0.5) is 0 Å². The highest BCUT2D eigenvalue weighted by molar-refractivity contribution is 7.09. The number of aliphatic hydroxyl groups is 1. The molecular formula is C11H21N3O2S. The number of nitrogens with one attached hydrogen (secondary N) is 1. The zero-order valence-electron chi connectivity index (χ0n) is 10.2. The van der Waals surface area contributed by atoms with Crippen molar-refractivity contribution >= 4 is 11.3 Å². The predicted octanol–water partition coefficient (Wildman–Crippen LogP) is -0.0802. The van der Waals surface area contributed by atoms with Crippen molar-refractivity contribution in [1.82, 2.24) is 10.3 Å². The molecule has 0 aliphatic heterocycles. The number of rotatable bonds is 9. The van der Waals surface area contributed by atoms with E-state index in [9.17, 15) is 5.11 Å². The molecule has 1 unspecified atom stereocenters. The van der Waals surface area contributed by atoms with Crippen LogP contribution in [0.25, 0.3) is 0 Å². The van der Waals surface area contributed by atoms with Gasteiger partial charge in [0.15, 0.2) is 0 Å². The van der Waals surface area contributed by atoms with Gasteiger partial charge in [0.1, 0.15) is 0 Å². The summed E-state index contributed by atoms with van der Waals surface area (Å²) in [6, 6.07) is 0. The molecule has 0 saturated carbocycles. The molecule has 1 heterocycles. The maximum Gasteiger partial charge on any atom is 0.0897 e. The lowest BCUT2D eigenvalue weighted by molar-refractivity contribution is 0.0387. The lowest BCUT2D eigenvalue weighted by atomic mass is 10.3. The van der Waals surface area contributed by atoms with Crippen molar-refractivity contribution in [2.24, 2.45) is 5.73 Å². The van der Waals surface area contributed by atoms with Gasteiger partial charge in [-0.2, -0.15) is 0 Å². The molecule has 1 rings (SSSR count). The zero-order valence-corrected chi connectivity index (χ0v) is 11.0. The first-order chi connectivity index (χ1) is 8.24. The summed E-state index contributed by atoms with van der Waals surface area (Å²) in [5, 5.41) is 12.6. The average molecular weight is 259 g/mol. The monoisotopic (exact) mass is 259 g/mol. The molecule has 0 aromatic carbocycles. The number of nitrogens with two attached hydrogens (primary N) is 1. The van der Waals surface area contributed by atoms with Crippen molar-refractivity contribution in [1.29, 1.82) is 0 Å². The van der Waals surface area contributed by atoms with Crippen LogP contribution in [0.2, 0.25) is 0 Å². The van der Waals surface area contributed by atoms with Gasteiger partial charge in [0.2, 0.25) is 0 Å². The first-order valence-electron chi connectivity index (χ1n) is 5.79. The average Bonchev–Trinajstić information content (AvgIpc) is 2.71. The summed E-state index contributed by atoms with van der Waals surface area (Å²) in [4.78, 5) is 5.42. The summed E-state index contributed by atoms with van der Waals surface area (Å²) in [6.45, 7) is 4.80. The largest absolute Gasteiger partial charge is 0.389 e. The molecule has 1 aromatic heterocycles. The van der Waals surface area contributed by atoms with Crippen LogP contribution in [-0.4, -0.2) is 49.0 Å². The van der Waals surface area contributed by atoms with Crippen LogP contribution < -0.4 is 11.1 Å². The maximum absolute atomic E-state index is 9.55. The van der Waals surface area contributed by atoms with Crippen molar-refractivity contribution in [2.45, 2.75) is 19.4 Å². The number of aromatic nitrogens is 1. The van der Waals surface area contributed by atoms with Crippen LogP contribution in [0.1, 0.15) is 10.6 Å². The molecule has 1 atom stereocenters. The van der Waals surface area contributed by atoms with Gasteiger partial charge in [0.05, 0.1) is 30.5 Å². The summed E-state index contributed by atoms with van der Waals surface area (Å²) in [7, 11) is 0. The summed E-state index contributed by atoms with van der Waals surface area (Å²) in [6.07, 6.45) is 0.392. The van der Waals surface area contributed by atoms with Gasteiger partial charge in [0, 0.05) is 30.9 Å². The molecule has 98 valence electrons. The van der Waals surface area contributed by atoms with E-state index in [2.05, 4.69) is 10.3 Å². The standard InChI is InChI=1S/C11H21N3O2S/c1-9-11(17-8-14-9)2-5-16-7-10(15)6-13-4-3-12/h8,10,13,15H,2-7,12H2,1H3. The topological polar surface area (TPSA) is 80.4 Å². The van der Waals surface area contributed by atoms with Crippen molar-refractivity contribution in [3.63, 3.8) is 0 Å². The van der Waals surface area contributed by atoms with E-state index in [4.69, 9.17) is 10.5 Å². The van der Waals surface area contributed by atoms with Crippen LogP contribution in [0.15, 0.2) is 5.51 Å². The molecule has 0 amide bonds. The number of aryl methyl sites for hydroxylation is 1. The molecule has 0 spiro atoms. The third-order valence-electron chi connectivity index (χ3n) is 2.33. The molecule has 0 bridgehead atoms. The van der Waals surface area contributed by atoms with Gasteiger partial charge >= 0.3 is 0 Å². The number of nitrogens with zero attached hydrogens (tertiary/aromatic N) is 1. The lowest BCUT2D eigenvalue weighted by Gasteiger charge is -2.11. The molecule has 0 aliphatic rings. The molecule has 0 saturated heterocycles. The molecular weight excluding hydrogens is 238 g/mol. The van der Waals surface area contributed by atoms with Crippen LogP contribution in [0.3, 0.4) is 0 Å². The summed E-state index contributed by atoms with van der Waals surface area (Å²) < 4.78 is 5.41. The smallest absolute Gasteiger partial charge is 0.0897 e. The SMILES string of the molecule is Cc1ncsc1CCOCC(O)CNCCN. The molecule has 6 heteroatoms. The highest BCUT2D eigenvalue weighted by Gasteiger charge is 2.04. The van der Waals surface area contributed by atoms with Gasteiger partial charge in [0.25, 0.3) is 0 Å². The first kappa shape index (κ1) is 14.5. The van der Waals surface area contributed by atoms with Gasteiger partial charge in [-0.15, -0.1) is 11.3 Å². The van der Waals surface area contributed by atoms with E-state index in [0.717, 1.165) is 18.7 Å². The first-order valence-corrected chi connectivity index (χ1v) is 6.67. The number of hydrogen-bond donors (Lipinski definition) is 3. The summed E-state index contributed by atoms with van der Waals surface area (Å²) >= 11 is 1.65. The summed E-state index contributed by atoms with van der Waals surface area (Å²) in [5.74, 6) is 0. The number of ether oxygens (including phenoxy) is 1. The van der Waals surface area contributed by atoms with E-state index in [1.165, 1.54) is 4.88 Å². The molecule has 0 fully saturated rings. The molecule has 4 N–H and O–H groups in total. The highest BCUT2D eigenvalue weighted by atomic mass is 32.1. The molecule has 0 radical (unpaired) electrons. The Morgan fingerprint density at radius 2 is 2.47 bits per heavy atom. The molecule has 5 nitrogen and oxygen atoms in total. The Hall–Kier alpha value is -0.530. The second-order valence-electron chi connectivity index (χ2n) is 3.83. The van der Waals surface area contributed by atoms with Gasteiger partial charge in [-0.3, -0.25) is 0 Å². The van der Waals surface area contributed by atoms with Crippen molar-refractivity contribution < 1.29 is 9.84 Å². The van der Waals surface area contributed by atoms with E-state index in [-0.39, 0.29) is 0 Å². The van der Waals surface area contributed by atoms with E-state index >= 15 is 0 Å². The predicted molar refractivity (Wildman–Crippen MR) is 69.3 cm³/mol. The fraction of sp³-hybridized carbons (Fsp3) is 0.727. The van der Waals surface area contributed by atoms with E-state index in [0.29, 0.717) is 26.3 Å². The zero-order chi connectivity index (χ0) is 12.5. The van der Waals surface area contributed by atoms with Crippen LogP contribution in [0, 0.1) is 6.92 Å². The van der Waals surface area contributed by atoms with Crippen molar-refractivity contribution in [3.8, 4) is 0 Å². The normalized spacial score (nSPS) is 12.9. The number of thiazole rings is 1. The van der Waals surface area contributed by atoms with Crippen LogP contribution in [-0.2, 0) is 11.2 Å². The quantitative estimate of drug-likeness (QED) is 0.541. The highest BCUT2D eigenvalue weighted by Crippen LogP contribution is 2.12. The maximum atomic E-state index is 9.55. The van der Waals surface area contributed by atoms with E-state index < -0.39 is 6.10 Å². The molecule has 0 aliphatic carbocycles. The minimum atomic E-state index is -0.468. The Labute approximate surface area is 106 Å². The van der Waals surface area contributed by atoms with Gasteiger partial charge in [-0.1, -0.05) is 0 Å². The Kier molecular flexibility index (Phi) is 7.30. The van der Waals surface area contributed by atoms with Gasteiger partial charge in [-0.25, -0.2) is 4.98 Å². The van der Waals surface area contributed by atoms with Gasteiger partial charge < -0.3 is 20.9 Å². The number of aliphatic hydroxyl groups excluding tert-OH is 1. The van der Waals surface area contributed by atoms with Crippen molar-refractivity contribution in [2.75, 3.05) is 32.8 Å².